The van der Waals surface area contributed by atoms with Crippen molar-refractivity contribution in [1.29, 1.82) is 0 Å². The molecule has 0 N–H and O–H groups in total. The van der Waals surface area contributed by atoms with Crippen molar-refractivity contribution in [3.8, 4) is 0 Å². The molecular formula is C16H28F4O. The second kappa shape index (κ2) is 10.2. The lowest BCUT2D eigenvalue weighted by Gasteiger charge is -2.26. The third-order valence-electron chi connectivity index (χ3n) is 3.65. The Morgan fingerprint density at radius 3 is 1.67 bits per heavy atom. The fourth-order valence-corrected chi connectivity index (χ4v) is 2.21. The molecule has 0 aromatic carbocycles. The van der Waals surface area contributed by atoms with Gasteiger partial charge in [-0.25, -0.2) is 0 Å². The highest BCUT2D eigenvalue weighted by Crippen LogP contribution is 2.41. The first kappa shape index (κ1) is 20.4. The molecule has 0 atom stereocenters. The second-order valence-electron chi connectivity index (χ2n) is 5.84. The Morgan fingerprint density at radius 2 is 1.19 bits per heavy atom. The molecule has 0 unspecified atom stereocenters. The molecule has 0 bridgehead atoms. The largest absolute Gasteiger partial charge is 0.310 e. The average molecular weight is 312 g/mol. The molecule has 0 spiro atoms. The van der Waals surface area contributed by atoms with E-state index in [4.69, 9.17) is 0 Å². The molecule has 0 aromatic heterocycles. The zero-order chi connectivity index (χ0) is 16.4. The fraction of sp³-hybridized carbons (Fsp3) is 0.938. The number of carbonyl (C=O) groups is 1. The Labute approximate surface area is 125 Å². The molecular weight excluding hydrogens is 284 g/mol. The van der Waals surface area contributed by atoms with Gasteiger partial charge in [0.1, 0.15) is 5.78 Å². The molecule has 1 nitrogen and oxygen atoms in total. The summed E-state index contributed by atoms with van der Waals surface area (Å²) < 4.78 is 54.1. The smallest absolute Gasteiger partial charge is 0.300 e. The van der Waals surface area contributed by atoms with E-state index in [1.165, 1.54) is 6.92 Å². The zero-order valence-electron chi connectivity index (χ0n) is 13.2. The van der Waals surface area contributed by atoms with Gasteiger partial charge in [-0.05, 0) is 26.2 Å². The molecule has 0 heterocycles. The van der Waals surface area contributed by atoms with Crippen molar-refractivity contribution in [2.75, 3.05) is 0 Å². The Balaban J connectivity index is 3.98. The first-order valence-corrected chi connectivity index (χ1v) is 7.98. The van der Waals surface area contributed by atoms with Crippen molar-refractivity contribution in [1.82, 2.24) is 0 Å². The summed E-state index contributed by atoms with van der Waals surface area (Å²) in [5.41, 5.74) is 0. The van der Waals surface area contributed by atoms with Crippen LogP contribution in [0.1, 0.15) is 84.5 Å². The van der Waals surface area contributed by atoms with Crippen LogP contribution < -0.4 is 0 Å². The van der Waals surface area contributed by atoms with Crippen LogP contribution in [0.4, 0.5) is 17.6 Å². The van der Waals surface area contributed by atoms with Crippen LogP contribution in [0, 0.1) is 0 Å². The molecule has 0 amide bonds. The number of rotatable bonds is 13. The Kier molecular flexibility index (Phi) is 9.88. The molecule has 5 heteroatoms. The van der Waals surface area contributed by atoms with Crippen LogP contribution in [0.5, 0.6) is 0 Å². The Hall–Kier alpha value is -0.610. The van der Waals surface area contributed by atoms with E-state index in [1.54, 1.807) is 0 Å². The molecule has 21 heavy (non-hydrogen) atoms. The summed E-state index contributed by atoms with van der Waals surface area (Å²) in [7, 11) is 0. The van der Waals surface area contributed by atoms with Crippen molar-refractivity contribution in [3.05, 3.63) is 0 Å². The molecule has 0 radical (unpaired) electrons. The van der Waals surface area contributed by atoms with Crippen molar-refractivity contribution in [2.24, 2.45) is 0 Å². The Bertz CT molecular complexity index is 290. The highest BCUT2D eigenvalue weighted by atomic mass is 19.3. The molecule has 0 rings (SSSR count). The maximum absolute atomic E-state index is 13.5. The second-order valence-corrected chi connectivity index (χ2v) is 5.84. The number of halogens is 4. The molecule has 0 aliphatic rings. The van der Waals surface area contributed by atoms with Gasteiger partial charge in [0.15, 0.2) is 0 Å². The van der Waals surface area contributed by atoms with Gasteiger partial charge < -0.3 is 4.79 Å². The van der Waals surface area contributed by atoms with Crippen molar-refractivity contribution < 1.29 is 22.4 Å². The van der Waals surface area contributed by atoms with Crippen LogP contribution in [-0.2, 0) is 4.79 Å². The summed E-state index contributed by atoms with van der Waals surface area (Å²) in [6, 6.07) is 0. The predicted octanol–water partition coefficient (Wildman–Crippen LogP) is 6.16. The number of unbranched alkanes of at least 4 members (excludes halogenated alkanes) is 6. The molecule has 0 aliphatic heterocycles. The van der Waals surface area contributed by atoms with Crippen LogP contribution in [0.15, 0.2) is 0 Å². The van der Waals surface area contributed by atoms with E-state index in [-0.39, 0.29) is 31.5 Å². The minimum absolute atomic E-state index is 0.0430. The standard InChI is InChI=1S/C16H28F4O/c1-3-4-5-6-7-9-12-15(17,18)16(19,20)13-10-8-11-14(2)21/h3-13H2,1-2H3. The van der Waals surface area contributed by atoms with Gasteiger partial charge in [-0.15, -0.1) is 0 Å². The lowest BCUT2D eigenvalue weighted by molar-refractivity contribution is -0.216. The lowest BCUT2D eigenvalue weighted by atomic mass is 9.98. The minimum atomic E-state index is -3.97. The van der Waals surface area contributed by atoms with Gasteiger partial charge in [0.2, 0.25) is 0 Å². The van der Waals surface area contributed by atoms with E-state index in [0.717, 1.165) is 25.7 Å². The van der Waals surface area contributed by atoms with Gasteiger partial charge in [0.25, 0.3) is 0 Å². The average Bonchev–Trinajstić information content (AvgIpc) is 2.38. The number of hydrogen-bond donors (Lipinski definition) is 0. The normalized spacial score (nSPS) is 12.7. The van der Waals surface area contributed by atoms with Crippen molar-refractivity contribution >= 4 is 5.78 Å². The first-order valence-electron chi connectivity index (χ1n) is 7.98. The third kappa shape index (κ3) is 9.10. The molecule has 0 aliphatic carbocycles. The fourth-order valence-electron chi connectivity index (χ4n) is 2.21. The monoisotopic (exact) mass is 312 g/mol. The van der Waals surface area contributed by atoms with Crippen molar-refractivity contribution in [3.63, 3.8) is 0 Å². The molecule has 0 fully saturated rings. The van der Waals surface area contributed by atoms with Crippen LogP contribution in [0.2, 0.25) is 0 Å². The number of Topliss-reactive ketones (excluding diaryl/α,β-unsaturated/α-hetero) is 1. The summed E-state index contributed by atoms with van der Waals surface area (Å²) in [6.07, 6.45) is 3.43. The van der Waals surface area contributed by atoms with Crippen molar-refractivity contribution in [2.45, 2.75) is 96.3 Å². The number of alkyl halides is 4. The Morgan fingerprint density at radius 1 is 0.762 bits per heavy atom. The van der Waals surface area contributed by atoms with Gasteiger partial charge >= 0.3 is 11.8 Å². The van der Waals surface area contributed by atoms with Crippen LogP contribution >= 0.6 is 0 Å². The van der Waals surface area contributed by atoms with Gasteiger partial charge in [-0.3, -0.25) is 0 Å². The van der Waals surface area contributed by atoms with E-state index < -0.39 is 24.7 Å². The topological polar surface area (TPSA) is 17.1 Å². The molecule has 0 saturated heterocycles. The predicted molar refractivity (Wildman–Crippen MR) is 77.0 cm³/mol. The van der Waals surface area contributed by atoms with Gasteiger partial charge in [-0.2, -0.15) is 17.6 Å². The first-order chi connectivity index (χ1) is 9.73. The lowest BCUT2D eigenvalue weighted by Crippen LogP contribution is -2.40. The van der Waals surface area contributed by atoms with Gasteiger partial charge in [0, 0.05) is 19.3 Å². The van der Waals surface area contributed by atoms with E-state index in [2.05, 4.69) is 6.92 Å². The minimum Gasteiger partial charge on any atom is -0.300 e. The molecule has 0 saturated carbocycles. The maximum atomic E-state index is 13.5. The van der Waals surface area contributed by atoms with Gasteiger partial charge in [0.05, 0.1) is 0 Å². The zero-order valence-corrected chi connectivity index (χ0v) is 13.2. The van der Waals surface area contributed by atoms with Crippen LogP contribution in [0.25, 0.3) is 0 Å². The summed E-state index contributed by atoms with van der Waals surface area (Å²) >= 11 is 0. The molecule has 0 aromatic rings. The molecule has 126 valence electrons. The summed E-state index contributed by atoms with van der Waals surface area (Å²) in [5.74, 6) is -8.00. The quantitative estimate of drug-likeness (QED) is 0.294. The summed E-state index contributed by atoms with van der Waals surface area (Å²) in [6.45, 7) is 3.42. The number of carbonyl (C=O) groups excluding carboxylic acids is 1. The SMILES string of the molecule is CCCCCCCCC(F)(F)C(F)(F)CCCCC(C)=O. The highest BCUT2D eigenvalue weighted by molar-refractivity contribution is 5.75. The number of ketones is 1. The highest BCUT2D eigenvalue weighted by Gasteiger charge is 2.54. The van der Waals surface area contributed by atoms with E-state index in [9.17, 15) is 22.4 Å². The maximum Gasteiger partial charge on any atom is 0.310 e. The number of hydrogen-bond acceptors (Lipinski definition) is 1. The van der Waals surface area contributed by atoms with E-state index >= 15 is 0 Å². The van der Waals surface area contributed by atoms with E-state index in [1.807, 2.05) is 0 Å². The third-order valence-corrected chi connectivity index (χ3v) is 3.65. The van der Waals surface area contributed by atoms with Crippen LogP contribution in [0.3, 0.4) is 0 Å². The van der Waals surface area contributed by atoms with E-state index in [0.29, 0.717) is 6.42 Å². The summed E-state index contributed by atoms with van der Waals surface area (Å²) in [4.78, 5) is 10.7. The van der Waals surface area contributed by atoms with Gasteiger partial charge in [-0.1, -0.05) is 39.0 Å². The summed E-state index contributed by atoms with van der Waals surface area (Å²) in [5, 5.41) is 0. The van der Waals surface area contributed by atoms with Crippen LogP contribution in [-0.4, -0.2) is 17.6 Å².